The SMILES string of the molecule is COc1ccc(/C(=C/C(=O)NCCc2ccccc2)c2ccnc(Cl)c2)cc1. The molecule has 0 bridgehead atoms. The Bertz CT molecular complexity index is 954. The molecule has 1 amide bonds. The molecule has 0 saturated carbocycles. The first kappa shape index (κ1) is 19.6. The third kappa shape index (κ3) is 5.44. The standard InChI is InChI=1S/C23H21ClN2O2/c1-28-20-9-7-18(8-10-20)21(19-12-14-25-22(24)15-19)16-23(27)26-13-11-17-5-3-2-4-6-17/h2-10,12,14-16H,11,13H2,1H3,(H,26,27)/b21-16-. The highest BCUT2D eigenvalue weighted by atomic mass is 35.5. The molecule has 4 nitrogen and oxygen atoms in total. The normalized spacial score (nSPS) is 11.1. The second-order valence-electron chi connectivity index (χ2n) is 6.18. The van der Waals surface area contributed by atoms with Crippen LogP contribution in [0, 0.1) is 0 Å². The maximum Gasteiger partial charge on any atom is 0.244 e. The van der Waals surface area contributed by atoms with Gasteiger partial charge in [-0.25, -0.2) is 4.98 Å². The summed E-state index contributed by atoms with van der Waals surface area (Å²) in [6, 6.07) is 21.2. The first-order valence-electron chi connectivity index (χ1n) is 8.95. The van der Waals surface area contributed by atoms with Crippen molar-refractivity contribution in [1.29, 1.82) is 0 Å². The molecule has 0 radical (unpaired) electrons. The van der Waals surface area contributed by atoms with Gasteiger partial charge in [0, 0.05) is 18.8 Å². The Morgan fingerprint density at radius 2 is 1.82 bits per heavy atom. The molecule has 0 aliphatic carbocycles. The van der Waals surface area contributed by atoms with Crippen LogP contribution in [-0.4, -0.2) is 24.5 Å². The van der Waals surface area contributed by atoms with E-state index in [1.54, 1.807) is 25.4 Å². The molecule has 5 heteroatoms. The molecule has 0 unspecified atom stereocenters. The van der Waals surface area contributed by atoms with E-state index in [4.69, 9.17) is 16.3 Å². The van der Waals surface area contributed by atoms with Gasteiger partial charge in [-0.1, -0.05) is 54.1 Å². The number of rotatable bonds is 7. The summed E-state index contributed by atoms with van der Waals surface area (Å²) in [5.41, 5.74) is 3.66. The van der Waals surface area contributed by atoms with Crippen LogP contribution in [0.25, 0.3) is 5.57 Å². The zero-order chi connectivity index (χ0) is 19.8. The van der Waals surface area contributed by atoms with Crippen LogP contribution in [0.15, 0.2) is 79.0 Å². The van der Waals surface area contributed by atoms with Crippen LogP contribution >= 0.6 is 11.6 Å². The molecule has 142 valence electrons. The van der Waals surface area contributed by atoms with Gasteiger partial charge in [0.1, 0.15) is 10.9 Å². The molecule has 0 aliphatic heterocycles. The second-order valence-corrected chi connectivity index (χ2v) is 6.57. The van der Waals surface area contributed by atoms with Crippen molar-refractivity contribution in [2.75, 3.05) is 13.7 Å². The summed E-state index contributed by atoms with van der Waals surface area (Å²) in [5, 5.41) is 3.33. The summed E-state index contributed by atoms with van der Waals surface area (Å²) in [7, 11) is 1.62. The molecule has 3 aromatic rings. The lowest BCUT2D eigenvalue weighted by molar-refractivity contribution is -0.116. The third-order valence-corrected chi connectivity index (χ3v) is 4.48. The van der Waals surface area contributed by atoms with E-state index in [0.29, 0.717) is 11.7 Å². The number of pyridine rings is 1. The Labute approximate surface area is 169 Å². The number of hydrogen-bond acceptors (Lipinski definition) is 3. The fraction of sp³-hybridized carbons (Fsp3) is 0.130. The van der Waals surface area contributed by atoms with Gasteiger partial charge in [0.2, 0.25) is 5.91 Å². The number of methoxy groups -OCH3 is 1. The zero-order valence-corrected chi connectivity index (χ0v) is 16.3. The van der Waals surface area contributed by atoms with Crippen molar-refractivity contribution >= 4 is 23.1 Å². The molecule has 28 heavy (non-hydrogen) atoms. The highest BCUT2D eigenvalue weighted by molar-refractivity contribution is 6.29. The van der Waals surface area contributed by atoms with Crippen LogP contribution in [-0.2, 0) is 11.2 Å². The van der Waals surface area contributed by atoms with Crippen molar-refractivity contribution in [2.24, 2.45) is 0 Å². The molecule has 0 saturated heterocycles. The molecule has 1 N–H and O–H groups in total. The number of amides is 1. The van der Waals surface area contributed by atoms with Crippen LogP contribution in [0.5, 0.6) is 5.75 Å². The summed E-state index contributed by atoms with van der Waals surface area (Å²) in [6.45, 7) is 0.562. The van der Waals surface area contributed by atoms with Gasteiger partial charge in [-0.2, -0.15) is 0 Å². The van der Waals surface area contributed by atoms with E-state index in [2.05, 4.69) is 10.3 Å². The van der Waals surface area contributed by atoms with E-state index in [0.717, 1.165) is 28.9 Å². The Morgan fingerprint density at radius 3 is 2.50 bits per heavy atom. The van der Waals surface area contributed by atoms with Gasteiger partial charge in [-0.05, 0) is 52.9 Å². The molecule has 1 aromatic heterocycles. The summed E-state index contributed by atoms with van der Waals surface area (Å²) in [5.74, 6) is 0.595. The lowest BCUT2D eigenvalue weighted by Crippen LogP contribution is -2.24. The van der Waals surface area contributed by atoms with Gasteiger partial charge in [0.25, 0.3) is 0 Å². The van der Waals surface area contributed by atoms with Crippen LogP contribution in [0.2, 0.25) is 5.15 Å². The maximum atomic E-state index is 12.5. The summed E-state index contributed by atoms with van der Waals surface area (Å²) in [4.78, 5) is 16.6. The highest BCUT2D eigenvalue weighted by Gasteiger charge is 2.09. The minimum absolute atomic E-state index is 0.158. The first-order chi connectivity index (χ1) is 13.7. The monoisotopic (exact) mass is 392 g/mol. The van der Waals surface area contributed by atoms with Crippen LogP contribution in [0.4, 0.5) is 0 Å². The number of ether oxygens (including phenoxy) is 1. The molecule has 3 rings (SSSR count). The maximum absolute atomic E-state index is 12.5. The lowest BCUT2D eigenvalue weighted by Gasteiger charge is -2.10. The van der Waals surface area contributed by atoms with Crippen molar-refractivity contribution in [1.82, 2.24) is 10.3 Å². The number of carbonyl (C=O) groups excluding carboxylic acids is 1. The topological polar surface area (TPSA) is 51.2 Å². The number of nitrogens with one attached hydrogen (secondary N) is 1. The third-order valence-electron chi connectivity index (χ3n) is 4.27. The van der Waals surface area contributed by atoms with E-state index in [1.807, 2.05) is 60.7 Å². The lowest BCUT2D eigenvalue weighted by atomic mass is 9.98. The number of hydrogen-bond donors (Lipinski definition) is 1. The number of halogens is 1. The summed E-state index contributed by atoms with van der Waals surface area (Å²) in [6.07, 6.45) is 4.00. The minimum atomic E-state index is -0.158. The van der Waals surface area contributed by atoms with E-state index >= 15 is 0 Å². The average Bonchev–Trinajstić information content (AvgIpc) is 2.73. The van der Waals surface area contributed by atoms with Crippen LogP contribution in [0.3, 0.4) is 0 Å². The molecule has 0 aliphatic rings. The number of nitrogens with zero attached hydrogens (tertiary/aromatic N) is 1. The van der Waals surface area contributed by atoms with Gasteiger partial charge in [-0.15, -0.1) is 0 Å². The van der Waals surface area contributed by atoms with Gasteiger partial charge in [0.05, 0.1) is 7.11 Å². The van der Waals surface area contributed by atoms with Gasteiger partial charge in [-0.3, -0.25) is 4.79 Å². The molecular formula is C23H21ClN2O2. The molecule has 2 aromatic carbocycles. The van der Waals surface area contributed by atoms with Gasteiger partial charge < -0.3 is 10.1 Å². The fourth-order valence-electron chi connectivity index (χ4n) is 2.83. The first-order valence-corrected chi connectivity index (χ1v) is 9.33. The number of aromatic nitrogens is 1. The van der Waals surface area contributed by atoms with Crippen molar-refractivity contribution in [3.05, 3.63) is 101 Å². The van der Waals surface area contributed by atoms with E-state index in [-0.39, 0.29) is 5.91 Å². The summed E-state index contributed by atoms with van der Waals surface area (Å²) < 4.78 is 5.22. The highest BCUT2D eigenvalue weighted by Crippen LogP contribution is 2.26. The molecule has 0 atom stereocenters. The van der Waals surface area contributed by atoms with Gasteiger partial charge in [0.15, 0.2) is 0 Å². The molecular weight excluding hydrogens is 372 g/mol. The van der Waals surface area contributed by atoms with E-state index in [9.17, 15) is 4.79 Å². The largest absolute Gasteiger partial charge is 0.497 e. The molecule has 0 spiro atoms. The van der Waals surface area contributed by atoms with Crippen LogP contribution < -0.4 is 10.1 Å². The smallest absolute Gasteiger partial charge is 0.244 e. The number of carbonyl (C=O) groups is 1. The predicted molar refractivity (Wildman–Crippen MR) is 112 cm³/mol. The van der Waals surface area contributed by atoms with Crippen molar-refractivity contribution in [2.45, 2.75) is 6.42 Å². The Kier molecular flexibility index (Phi) is 6.82. The van der Waals surface area contributed by atoms with Gasteiger partial charge >= 0.3 is 0 Å². The second kappa shape index (κ2) is 9.72. The average molecular weight is 393 g/mol. The zero-order valence-electron chi connectivity index (χ0n) is 15.6. The minimum Gasteiger partial charge on any atom is -0.497 e. The Balaban J connectivity index is 1.79. The van der Waals surface area contributed by atoms with Crippen LogP contribution in [0.1, 0.15) is 16.7 Å². The Morgan fingerprint density at radius 1 is 1.07 bits per heavy atom. The van der Waals surface area contributed by atoms with Crippen molar-refractivity contribution in [3.63, 3.8) is 0 Å². The summed E-state index contributed by atoms with van der Waals surface area (Å²) >= 11 is 6.05. The van der Waals surface area contributed by atoms with E-state index in [1.165, 1.54) is 5.56 Å². The van der Waals surface area contributed by atoms with Crippen molar-refractivity contribution < 1.29 is 9.53 Å². The quantitative estimate of drug-likeness (QED) is 0.474. The fourth-order valence-corrected chi connectivity index (χ4v) is 3.00. The van der Waals surface area contributed by atoms with Crippen molar-refractivity contribution in [3.8, 4) is 5.75 Å². The molecule has 1 heterocycles. The molecule has 0 fully saturated rings. The predicted octanol–water partition coefficient (Wildman–Crippen LogP) is 4.53. The number of benzene rings is 2. The Hall–Kier alpha value is -3.11. The van der Waals surface area contributed by atoms with E-state index < -0.39 is 0 Å².